The molecule has 1 aliphatic heterocycles. The summed E-state index contributed by atoms with van der Waals surface area (Å²) in [6.45, 7) is 4.15. The van der Waals surface area contributed by atoms with Gasteiger partial charge in [-0.1, -0.05) is 36.4 Å². The van der Waals surface area contributed by atoms with Gasteiger partial charge < -0.3 is 4.74 Å². The minimum absolute atomic E-state index is 0.162. The summed E-state index contributed by atoms with van der Waals surface area (Å²) < 4.78 is 7.74. The van der Waals surface area contributed by atoms with Gasteiger partial charge in [0.1, 0.15) is 6.23 Å². The predicted molar refractivity (Wildman–Crippen MR) is 72.5 cm³/mol. The molecular weight excluding hydrogens is 335 g/mol. The van der Waals surface area contributed by atoms with E-state index in [1.54, 1.807) is 0 Å². The van der Waals surface area contributed by atoms with E-state index in [1.807, 2.05) is 0 Å². The van der Waals surface area contributed by atoms with Crippen LogP contribution in [0.4, 0.5) is 0 Å². The molecule has 0 bridgehead atoms. The molecule has 1 fully saturated rings. The maximum atomic E-state index is 11.7. The highest BCUT2D eigenvalue weighted by Crippen LogP contribution is 2.36. The fourth-order valence-electron chi connectivity index (χ4n) is 2.11. The molecule has 0 spiro atoms. The van der Waals surface area contributed by atoms with Crippen LogP contribution in [0.5, 0.6) is 0 Å². The van der Waals surface area contributed by atoms with Crippen LogP contribution >= 0.6 is 22.6 Å². The van der Waals surface area contributed by atoms with E-state index in [1.165, 1.54) is 16.8 Å². The van der Waals surface area contributed by atoms with E-state index >= 15 is 0 Å². The zero-order valence-corrected chi connectivity index (χ0v) is 11.9. The molecule has 2 rings (SSSR count). The van der Waals surface area contributed by atoms with Crippen molar-refractivity contribution < 1.29 is 4.74 Å². The fourth-order valence-corrected chi connectivity index (χ4v) is 2.58. The molecule has 0 aliphatic carbocycles. The van der Waals surface area contributed by atoms with Crippen LogP contribution in [0, 0.1) is 5.92 Å². The summed E-state index contributed by atoms with van der Waals surface area (Å²) in [5, 5.41) is 0. The summed E-state index contributed by atoms with van der Waals surface area (Å²) >= 11 is 2.33. The van der Waals surface area contributed by atoms with E-state index in [4.69, 9.17) is 4.74 Å². The summed E-state index contributed by atoms with van der Waals surface area (Å²) in [6, 6.07) is 1.35. The number of ether oxygens (including phenoxy) is 1. The standard InChI is InChI=1S/C11H15IN2O3/c1-6-5-8(7(2)12)17-10(6)14-4-3-9(15)13-11(14)16/h3-4,6-8,10H,5H2,1-2H3,(H,13,15,16)/t6-,7-,8-,10?/m0/s1. The zero-order chi connectivity index (χ0) is 12.6. The van der Waals surface area contributed by atoms with Crippen molar-refractivity contribution in [3.05, 3.63) is 33.1 Å². The third-order valence-electron chi connectivity index (χ3n) is 3.04. The number of alkyl halides is 1. The lowest BCUT2D eigenvalue weighted by molar-refractivity contribution is -0.0104. The van der Waals surface area contributed by atoms with Crippen LogP contribution in [-0.4, -0.2) is 19.6 Å². The molecule has 17 heavy (non-hydrogen) atoms. The lowest BCUT2D eigenvalue weighted by Gasteiger charge is -2.18. The van der Waals surface area contributed by atoms with E-state index in [0.717, 1.165) is 6.42 Å². The predicted octanol–water partition coefficient (Wildman–Crippen LogP) is 1.28. The molecule has 2 heterocycles. The number of aromatic nitrogens is 2. The summed E-state index contributed by atoms with van der Waals surface area (Å²) in [6.07, 6.45) is 2.32. The monoisotopic (exact) mass is 350 g/mol. The highest BCUT2D eigenvalue weighted by Gasteiger charge is 2.35. The van der Waals surface area contributed by atoms with Gasteiger partial charge in [-0.15, -0.1) is 0 Å². The van der Waals surface area contributed by atoms with Gasteiger partial charge in [-0.3, -0.25) is 14.3 Å². The molecule has 1 unspecified atom stereocenters. The fraction of sp³-hybridized carbons (Fsp3) is 0.636. The van der Waals surface area contributed by atoms with Crippen LogP contribution in [0.2, 0.25) is 0 Å². The smallest absolute Gasteiger partial charge is 0.330 e. The van der Waals surface area contributed by atoms with Crippen LogP contribution in [0.1, 0.15) is 26.5 Å². The Labute approximate surface area is 112 Å². The summed E-state index contributed by atoms with van der Waals surface area (Å²) in [7, 11) is 0. The number of H-pyrrole nitrogens is 1. The minimum Gasteiger partial charge on any atom is -0.353 e. The van der Waals surface area contributed by atoms with Gasteiger partial charge in [0.25, 0.3) is 5.56 Å². The van der Waals surface area contributed by atoms with Crippen LogP contribution < -0.4 is 11.2 Å². The maximum absolute atomic E-state index is 11.7. The lowest BCUT2D eigenvalue weighted by atomic mass is 10.0. The third kappa shape index (κ3) is 2.62. The summed E-state index contributed by atoms with van der Waals surface area (Å²) in [5.74, 6) is 0.265. The Hall–Kier alpha value is -0.630. The van der Waals surface area contributed by atoms with Crippen molar-refractivity contribution >= 4 is 22.6 Å². The molecule has 0 amide bonds. The first-order chi connectivity index (χ1) is 7.99. The Kier molecular flexibility index (Phi) is 3.72. The van der Waals surface area contributed by atoms with Crippen molar-refractivity contribution in [2.24, 2.45) is 5.92 Å². The number of rotatable bonds is 2. The molecule has 0 saturated carbocycles. The molecule has 1 saturated heterocycles. The Bertz CT molecular complexity index is 508. The van der Waals surface area contributed by atoms with Crippen LogP contribution in [0.25, 0.3) is 0 Å². The second kappa shape index (κ2) is 4.93. The number of hydrogen-bond acceptors (Lipinski definition) is 3. The highest BCUT2D eigenvalue weighted by molar-refractivity contribution is 14.1. The highest BCUT2D eigenvalue weighted by atomic mass is 127. The average molecular weight is 350 g/mol. The van der Waals surface area contributed by atoms with E-state index in [2.05, 4.69) is 41.4 Å². The molecular formula is C11H15IN2O3. The van der Waals surface area contributed by atoms with Gasteiger partial charge >= 0.3 is 5.69 Å². The first-order valence-corrected chi connectivity index (χ1v) is 6.84. The molecule has 1 N–H and O–H groups in total. The molecule has 1 aliphatic rings. The first-order valence-electron chi connectivity index (χ1n) is 5.60. The van der Waals surface area contributed by atoms with Crippen LogP contribution in [-0.2, 0) is 4.74 Å². The van der Waals surface area contributed by atoms with E-state index < -0.39 is 5.69 Å². The van der Waals surface area contributed by atoms with Gasteiger partial charge in [-0.2, -0.15) is 0 Å². The maximum Gasteiger partial charge on any atom is 0.330 e. The van der Waals surface area contributed by atoms with Crippen molar-refractivity contribution in [3.8, 4) is 0 Å². The number of hydrogen-bond donors (Lipinski definition) is 1. The Balaban J connectivity index is 2.29. The summed E-state index contributed by atoms with van der Waals surface area (Å²) in [4.78, 5) is 24.9. The minimum atomic E-state index is -0.406. The Morgan fingerprint density at radius 3 is 2.82 bits per heavy atom. The Morgan fingerprint density at radius 1 is 1.59 bits per heavy atom. The van der Waals surface area contributed by atoms with Crippen LogP contribution in [0.3, 0.4) is 0 Å². The second-order valence-electron chi connectivity index (χ2n) is 4.47. The zero-order valence-electron chi connectivity index (χ0n) is 9.72. The summed E-state index contributed by atoms with van der Waals surface area (Å²) in [5.41, 5.74) is -0.785. The van der Waals surface area contributed by atoms with Gasteiger partial charge in [0.15, 0.2) is 0 Å². The van der Waals surface area contributed by atoms with Gasteiger partial charge in [0, 0.05) is 22.1 Å². The SMILES string of the molecule is C[C@H](I)[C@@H]1C[C@H](C)C(n2ccc(=O)[nH]c2=O)O1. The van der Waals surface area contributed by atoms with Crippen molar-refractivity contribution in [2.75, 3.05) is 0 Å². The molecule has 0 radical (unpaired) electrons. The first kappa shape index (κ1) is 12.8. The van der Waals surface area contributed by atoms with Crippen LogP contribution in [0.15, 0.2) is 21.9 Å². The van der Waals surface area contributed by atoms with Crippen molar-refractivity contribution in [1.29, 1.82) is 0 Å². The van der Waals surface area contributed by atoms with Gasteiger partial charge in [-0.05, 0) is 6.42 Å². The molecule has 94 valence electrons. The third-order valence-corrected chi connectivity index (χ3v) is 3.84. The molecule has 1 aromatic heterocycles. The van der Waals surface area contributed by atoms with Crippen molar-refractivity contribution in [1.82, 2.24) is 9.55 Å². The topological polar surface area (TPSA) is 64.1 Å². The number of halogens is 1. The quantitative estimate of drug-likeness (QED) is 0.646. The van der Waals surface area contributed by atoms with Crippen molar-refractivity contribution in [3.63, 3.8) is 0 Å². The van der Waals surface area contributed by atoms with E-state index in [0.29, 0.717) is 3.92 Å². The Morgan fingerprint density at radius 2 is 2.29 bits per heavy atom. The molecule has 5 nitrogen and oxygen atoms in total. The number of nitrogens with zero attached hydrogens (tertiary/aromatic N) is 1. The van der Waals surface area contributed by atoms with Gasteiger partial charge in [0.05, 0.1) is 6.10 Å². The van der Waals surface area contributed by atoms with E-state index in [-0.39, 0.29) is 23.8 Å². The van der Waals surface area contributed by atoms with Crippen molar-refractivity contribution in [2.45, 2.75) is 36.5 Å². The number of nitrogens with one attached hydrogen (secondary N) is 1. The average Bonchev–Trinajstić information content (AvgIpc) is 2.61. The molecule has 4 atom stereocenters. The van der Waals surface area contributed by atoms with E-state index in [9.17, 15) is 9.59 Å². The lowest BCUT2D eigenvalue weighted by Crippen LogP contribution is -2.33. The van der Waals surface area contributed by atoms with Gasteiger partial charge in [-0.25, -0.2) is 4.79 Å². The molecule has 6 heteroatoms. The normalized spacial score (nSPS) is 30.4. The molecule has 0 aromatic carbocycles. The van der Waals surface area contributed by atoms with Gasteiger partial charge in [0.2, 0.25) is 0 Å². The largest absolute Gasteiger partial charge is 0.353 e. The number of aromatic amines is 1. The molecule has 1 aromatic rings. The second-order valence-corrected chi connectivity index (χ2v) is 6.44.